The predicted molar refractivity (Wildman–Crippen MR) is 116 cm³/mol. The number of anilines is 2. The van der Waals surface area contributed by atoms with E-state index in [0.717, 1.165) is 35.5 Å². The van der Waals surface area contributed by atoms with Crippen LogP contribution < -0.4 is 11.5 Å². The molecule has 0 aliphatic heterocycles. The van der Waals surface area contributed by atoms with Gasteiger partial charge in [-0.15, -0.1) is 0 Å². The van der Waals surface area contributed by atoms with Crippen molar-refractivity contribution in [3.05, 3.63) is 59.2 Å². The second kappa shape index (κ2) is 8.37. The van der Waals surface area contributed by atoms with Crippen LogP contribution in [0.5, 0.6) is 0 Å². The Morgan fingerprint density at radius 1 is 0.630 bits per heavy atom. The van der Waals surface area contributed by atoms with Gasteiger partial charge in [-0.2, -0.15) is 0 Å². The lowest BCUT2D eigenvalue weighted by Crippen LogP contribution is -2.23. The van der Waals surface area contributed by atoms with Crippen LogP contribution in [-0.4, -0.2) is 0 Å². The Kier molecular flexibility index (Phi) is 5.71. The van der Waals surface area contributed by atoms with E-state index >= 15 is 0 Å². The minimum Gasteiger partial charge on any atom is -0.399 e. The van der Waals surface area contributed by atoms with Gasteiger partial charge in [-0.05, 0) is 84.7 Å². The molecular weight excluding hydrogens is 328 g/mol. The summed E-state index contributed by atoms with van der Waals surface area (Å²) in [5.74, 6) is 2.81. The molecular formula is C25H34N2. The van der Waals surface area contributed by atoms with Gasteiger partial charge in [-0.3, -0.25) is 0 Å². The first-order valence-corrected chi connectivity index (χ1v) is 10.9. The molecule has 2 aliphatic carbocycles. The van der Waals surface area contributed by atoms with E-state index in [4.69, 9.17) is 11.5 Å². The largest absolute Gasteiger partial charge is 0.399 e. The van der Waals surface area contributed by atoms with Gasteiger partial charge >= 0.3 is 0 Å². The van der Waals surface area contributed by atoms with E-state index in [9.17, 15) is 0 Å². The monoisotopic (exact) mass is 362 g/mol. The average Bonchev–Trinajstić information content (AvgIpc) is 2.69. The highest BCUT2D eigenvalue weighted by Gasteiger charge is 2.28. The Balaban J connectivity index is 1.34. The Hall–Kier alpha value is -1.96. The first-order chi connectivity index (χ1) is 13.2. The van der Waals surface area contributed by atoms with Crippen molar-refractivity contribution >= 4 is 11.4 Å². The fraction of sp³-hybridized carbons (Fsp3) is 0.520. The summed E-state index contributed by atoms with van der Waals surface area (Å²) < 4.78 is 0. The van der Waals surface area contributed by atoms with Crippen LogP contribution in [0.1, 0.15) is 80.4 Å². The summed E-state index contributed by atoms with van der Waals surface area (Å²) in [6.07, 6.45) is 14.0. The molecule has 4 N–H and O–H groups in total. The summed E-state index contributed by atoms with van der Waals surface area (Å²) in [5, 5.41) is 0. The van der Waals surface area contributed by atoms with Crippen LogP contribution in [0.3, 0.4) is 0 Å². The summed E-state index contributed by atoms with van der Waals surface area (Å²) in [5.41, 5.74) is 17.4. The lowest BCUT2D eigenvalue weighted by Gasteiger charge is -2.36. The van der Waals surface area contributed by atoms with Crippen LogP contribution in [0, 0.1) is 11.8 Å². The van der Waals surface area contributed by atoms with Crippen molar-refractivity contribution in [2.24, 2.45) is 11.8 Å². The molecule has 2 aliphatic rings. The summed E-state index contributed by atoms with van der Waals surface area (Å²) in [7, 11) is 0. The zero-order chi connectivity index (χ0) is 18.6. The third-order valence-corrected chi connectivity index (χ3v) is 6.99. The SMILES string of the molecule is Nc1cc(N)cc(Cc2ccc(C3CCC(C4CCCCC4)CC3)cc2)c1. The third kappa shape index (κ3) is 4.66. The van der Waals surface area contributed by atoms with Gasteiger partial charge in [0.25, 0.3) is 0 Å². The zero-order valence-corrected chi connectivity index (χ0v) is 16.5. The number of nitrogens with two attached hydrogens (primary N) is 2. The van der Waals surface area contributed by atoms with Crippen LogP contribution in [-0.2, 0) is 6.42 Å². The fourth-order valence-corrected chi connectivity index (χ4v) is 5.52. The van der Waals surface area contributed by atoms with Crippen molar-refractivity contribution in [3.8, 4) is 0 Å². The molecule has 0 spiro atoms. The van der Waals surface area contributed by atoms with Crippen molar-refractivity contribution in [1.82, 2.24) is 0 Å². The molecule has 0 heterocycles. The maximum atomic E-state index is 5.92. The molecule has 0 amide bonds. The van der Waals surface area contributed by atoms with Crippen LogP contribution in [0.25, 0.3) is 0 Å². The quantitative estimate of drug-likeness (QED) is 0.627. The molecule has 0 aromatic heterocycles. The standard InChI is InChI=1S/C25H34N2/c26-24-15-19(16-25(27)17-24)14-18-6-8-21(9-7-18)23-12-10-22(11-13-23)20-4-2-1-3-5-20/h6-9,15-17,20,22-23H,1-5,10-14,26-27H2. The average molecular weight is 363 g/mol. The highest BCUT2D eigenvalue weighted by atomic mass is 14.6. The highest BCUT2D eigenvalue weighted by Crippen LogP contribution is 2.42. The Morgan fingerprint density at radius 3 is 1.85 bits per heavy atom. The smallest absolute Gasteiger partial charge is 0.0337 e. The van der Waals surface area contributed by atoms with E-state index in [0.29, 0.717) is 0 Å². The van der Waals surface area contributed by atoms with Crippen LogP contribution in [0.15, 0.2) is 42.5 Å². The summed E-state index contributed by atoms with van der Waals surface area (Å²) in [4.78, 5) is 0. The molecule has 0 radical (unpaired) electrons. The Labute approximate surface area is 164 Å². The molecule has 0 bridgehead atoms. The highest BCUT2D eigenvalue weighted by molar-refractivity contribution is 5.55. The molecule has 2 aromatic rings. The fourth-order valence-electron chi connectivity index (χ4n) is 5.52. The van der Waals surface area contributed by atoms with Gasteiger partial charge in [0.15, 0.2) is 0 Å². The molecule has 2 fully saturated rings. The number of rotatable bonds is 4. The maximum absolute atomic E-state index is 5.92. The van der Waals surface area contributed by atoms with Crippen LogP contribution in [0.4, 0.5) is 11.4 Å². The van der Waals surface area contributed by atoms with Crippen molar-refractivity contribution in [3.63, 3.8) is 0 Å². The summed E-state index contributed by atoms with van der Waals surface area (Å²) in [6.45, 7) is 0. The molecule has 0 saturated heterocycles. The number of hydrogen-bond donors (Lipinski definition) is 2. The van der Waals surface area contributed by atoms with Gasteiger partial charge in [0, 0.05) is 11.4 Å². The van der Waals surface area contributed by atoms with E-state index in [1.54, 1.807) is 0 Å². The van der Waals surface area contributed by atoms with Crippen molar-refractivity contribution in [2.75, 3.05) is 11.5 Å². The normalized spacial score (nSPS) is 24.0. The van der Waals surface area contributed by atoms with E-state index in [1.807, 2.05) is 18.2 Å². The number of benzene rings is 2. The van der Waals surface area contributed by atoms with Gasteiger partial charge in [0.05, 0.1) is 0 Å². The molecule has 0 atom stereocenters. The van der Waals surface area contributed by atoms with Gasteiger partial charge in [0.1, 0.15) is 0 Å². The van der Waals surface area contributed by atoms with Gasteiger partial charge < -0.3 is 11.5 Å². The predicted octanol–water partition coefficient (Wildman–Crippen LogP) is 6.30. The molecule has 27 heavy (non-hydrogen) atoms. The van der Waals surface area contributed by atoms with E-state index in [1.165, 1.54) is 74.5 Å². The molecule has 2 nitrogen and oxygen atoms in total. The minimum atomic E-state index is 0.747. The number of hydrogen-bond acceptors (Lipinski definition) is 2. The first-order valence-electron chi connectivity index (χ1n) is 10.9. The van der Waals surface area contributed by atoms with Gasteiger partial charge in [-0.25, -0.2) is 0 Å². The minimum absolute atomic E-state index is 0.747. The molecule has 2 heteroatoms. The lowest BCUT2D eigenvalue weighted by atomic mass is 9.70. The molecule has 144 valence electrons. The van der Waals surface area contributed by atoms with Crippen molar-refractivity contribution in [1.29, 1.82) is 0 Å². The van der Waals surface area contributed by atoms with E-state index in [2.05, 4.69) is 24.3 Å². The van der Waals surface area contributed by atoms with Crippen LogP contribution in [0.2, 0.25) is 0 Å². The number of nitrogen functional groups attached to an aromatic ring is 2. The van der Waals surface area contributed by atoms with Gasteiger partial charge in [-0.1, -0.05) is 56.4 Å². The maximum Gasteiger partial charge on any atom is 0.0337 e. The Morgan fingerprint density at radius 2 is 1.22 bits per heavy atom. The zero-order valence-electron chi connectivity index (χ0n) is 16.5. The van der Waals surface area contributed by atoms with E-state index in [-0.39, 0.29) is 0 Å². The second-order valence-corrected chi connectivity index (χ2v) is 8.94. The topological polar surface area (TPSA) is 52.0 Å². The van der Waals surface area contributed by atoms with Crippen molar-refractivity contribution < 1.29 is 0 Å². The van der Waals surface area contributed by atoms with Crippen LogP contribution >= 0.6 is 0 Å². The Bertz CT molecular complexity index is 715. The molecule has 2 saturated carbocycles. The molecule has 4 rings (SSSR count). The third-order valence-electron chi connectivity index (χ3n) is 6.99. The summed E-state index contributed by atoms with van der Waals surface area (Å²) >= 11 is 0. The van der Waals surface area contributed by atoms with Crippen molar-refractivity contribution in [2.45, 2.75) is 70.1 Å². The first kappa shape index (κ1) is 18.4. The summed E-state index contributed by atoms with van der Waals surface area (Å²) in [6, 6.07) is 15.2. The van der Waals surface area contributed by atoms with Gasteiger partial charge in [0.2, 0.25) is 0 Å². The second-order valence-electron chi connectivity index (χ2n) is 8.94. The molecule has 0 unspecified atom stereocenters. The lowest BCUT2D eigenvalue weighted by molar-refractivity contribution is 0.186. The molecule has 2 aromatic carbocycles. The van der Waals surface area contributed by atoms with E-state index < -0.39 is 0 Å².